The lowest BCUT2D eigenvalue weighted by atomic mass is 10.1. The first-order chi connectivity index (χ1) is 17.2. The lowest BCUT2D eigenvalue weighted by Crippen LogP contribution is -2.18. The number of halogens is 1. The van der Waals surface area contributed by atoms with Gasteiger partial charge in [0.05, 0.1) is 42.4 Å². The predicted octanol–water partition coefficient (Wildman–Crippen LogP) is 4.66. The Kier molecular flexibility index (Phi) is 7.27. The molecule has 11 heteroatoms. The van der Waals surface area contributed by atoms with E-state index in [1.165, 1.54) is 19.4 Å². The Morgan fingerprint density at radius 2 is 1.78 bits per heavy atom. The topological polar surface area (TPSA) is 115 Å². The SMILES string of the molecule is COc1ncc(NC(=O)c2ccc(Cn3cc(Cl)cn3)cc2)cc1S(=O)(=O)Nc1c(C)cccc1C. The van der Waals surface area contributed by atoms with Crippen molar-refractivity contribution in [3.05, 3.63) is 94.4 Å². The quantitative estimate of drug-likeness (QED) is 0.346. The molecule has 4 rings (SSSR count). The van der Waals surface area contributed by atoms with E-state index in [1.807, 2.05) is 32.0 Å². The summed E-state index contributed by atoms with van der Waals surface area (Å²) in [5.41, 5.74) is 3.56. The Bertz CT molecular complexity index is 1500. The van der Waals surface area contributed by atoms with Gasteiger partial charge in [-0.3, -0.25) is 14.2 Å². The molecule has 0 aliphatic carbocycles. The number of aromatic nitrogens is 3. The van der Waals surface area contributed by atoms with Crippen molar-refractivity contribution in [3.8, 4) is 5.88 Å². The largest absolute Gasteiger partial charge is 0.480 e. The van der Waals surface area contributed by atoms with Crippen molar-refractivity contribution in [2.45, 2.75) is 25.3 Å². The van der Waals surface area contributed by atoms with Gasteiger partial charge in [-0.15, -0.1) is 0 Å². The average Bonchev–Trinajstić information content (AvgIpc) is 3.26. The van der Waals surface area contributed by atoms with E-state index >= 15 is 0 Å². The van der Waals surface area contributed by atoms with Crippen molar-refractivity contribution in [2.75, 3.05) is 17.1 Å². The fraction of sp³-hybridized carbons (Fsp3) is 0.160. The first-order valence-corrected chi connectivity index (χ1v) is 12.7. The Balaban J connectivity index is 1.53. The molecule has 186 valence electrons. The molecule has 2 N–H and O–H groups in total. The smallest absolute Gasteiger partial charge is 0.267 e. The number of carbonyl (C=O) groups is 1. The van der Waals surface area contributed by atoms with Gasteiger partial charge in [0.25, 0.3) is 15.9 Å². The second-order valence-electron chi connectivity index (χ2n) is 8.11. The van der Waals surface area contributed by atoms with Crippen LogP contribution < -0.4 is 14.8 Å². The molecule has 1 amide bonds. The standard InChI is InChI=1S/C25H24ClN5O4S/c1-16-5-4-6-17(2)23(16)30-36(33,34)22-11-21(13-27-25(22)35-3)29-24(32)19-9-7-18(8-10-19)14-31-15-20(26)12-28-31/h4-13,15,30H,14H2,1-3H3,(H,29,32). The van der Waals surface area contributed by atoms with Gasteiger partial charge in [0, 0.05) is 11.8 Å². The monoisotopic (exact) mass is 525 g/mol. The molecule has 0 atom stereocenters. The number of amides is 1. The van der Waals surface area contributed by atoms with E-state index in [-0.39, 0.29) is 16.5 Å². The van der Waals surface area contributed by atoms with E-state index in [2.05, 4.69) is 20.1 Å². The van der Waals surface area contributed by atoms with Crippen LogP contribution in [0.1, 0.15) is 27.0 Å². The van der Waals surface area contributed by atoms with E-state index in [0.717, 1.165) is 16.7 Å². The summed E-state index contributed by atoms with van der Waals surface area (Å²) in [5, 5.41) is 7.38. The van der Waals surface area contributed by atoms with Gasteiger partial charge in [0.15, 0.2) is 4.90 Å². The van der Waals surface area contributed by atoms with E-state index in [0.29, 0.717) is 22.8 Å². The molecule has 0 fully saturated rings. The molecule has 0 spiro atoms. The van der Waals surface area contributed by atoms with Crippen LogP contribution in [-0.4, -0.2) is 36.2 Å². The van der Waals surface area contributed by atoms with Gasteiger partial charge < -0.3 is 10.1 Å². The van der Waals surface area contributed by atoms with Crippen LogP contribution in [0.5, 0.6) is 5.88 Å². The van der Waals surface area contributed by atoms with Crippen LogP contribution in [0, 0.1) is 13.8 Å². The third kappa shape index (κ3) is 5.67. The highest BCUT2D eigenvalue weighted by Crippen LogP contribution is 2.29. The van der Waals surface area contributed by atoms with Crippen molar-refractivity contribution in [2.24, 2.45) is 0 Å². The number of nitrogens with one attached hydrogen (secondary N) is 2. The molecule has 9 nitrogen and oxygen atoms in total. The summed E-state index contributed by atoms with van der Waals surface area (Å²) in [4.78, 5) is 16.7. The molecule has 36 heavy (non-hydrogen) atoms. The number of hydrogen-bond acceptors (Lipinski definition) is 6. The molecule has 2 aromatic heterocycles. The number of sulfonamides is 1. The molecular formula is C25H24ClN5O4S. The van der Waals surface area contributed by atoms with Gasteiger partial charge in [-0.25, -0.2) is 13.4 Å². The number of ether oxygens (including phenoxy) is 1. The molecule has 4 aromatic rings. The number of aryl methyl sites for hydroxylation is 2. The second kappa shape index (κ2) is 10.4. The zero-order valence-corrected chi connectivity index (χ0v) is 21.4. The van der Waals surface area contributed by atoms with Crippen LogP contribution >= 0.6 is 11.6 Å². The summed E-state index contributed by atoms with van der Waals surface area (Å²) in [6, 6.07) is 13.7. The maximum Gasteiger partial charge on any atom is 0.267 e. The fourth-order valence-corrected chi connectivity index (χ4v) is 5.09. The Morgan fingerprint density at radius 3 is 2.39 bits per heavy atom. The highest BCUT2D eigenvalue weighted by Gasteiger charge is 2.23. The van der Waals surface area contributed by atoms with Crippen molar-refractivity contribution in [1.29, 1.82) is 0 Å². The summed E-state index contributed by atoms with van der Waals surface area (Å²) in [7, 11) is -2.73. The van der Waals surface area contributed by atoms with Gasteiger partial charge in [-0.2, -0.15) is 5.10 Å². The summed E-state index contributed by atoms with van der Waals surface area (Å²) in [6.45, 7) is 4.13. The summed E-state index contributed by atoms with van der Waals surface area (Å²) in [6.07, 6.45) is 4.60. The van der Waals surface area contributed by atoms with Crippen LogP contribution in [0.2, 0.25) is 5.02 Å². The molecule has 0 saturated heterocycles. The minimum absolute atomic E-state index is 0.0881. The Labute approximate surface area is 214 Å². The van der Waals surface area contributed by atoms with Crippen molar-refractivity contribution < 1.29 is 17.9 Å². The van der Waals surface area contributed by atoms with Gasteiger partial charge in [0.1, 0.15) is 0 Å². The third-order valence-electron chi connectivity index (χ3n) is 5.44. The van der Waals surface area contributed by atoms with Gasteiger partial charge in [0.2, 0.25) is 5.88 Å². The molecule has 0 unspecified atom stereocenters. The number of pyridine rings is 1. The molecule has 0 saturated carbocycles. The van der Waals surface area contributed by atoms with Crippen LogP contribution in [0.15, 0.2) is 72.0 Å². The molecule has 2 heterocycles. The van der Waals surface area contributed by atoms with E-state index < -0.39 is 15.9 Å². The number of nitrogens with zero attached hydrogens (tertiary/aromatic N) is 3. The number of benzene rings is 2. The normalized spacial score (nSPS) is 11.2. The Morgan fingerprint density at radius 1 is 1.08 bits per heavy atom. The highest BCUT2D eigenvalue weighted by molar-refractivity contribution is 7.92. The van der Waals surface area contributed by atoms with Gasteiger partial charge in [-0.1, -0.05) is 41.9 Å². The van der Waals surface area contributed by atoms with Crippen molar-refractivity contribution in [3.63, 3.8) is 0 Å². The molecular weight excluding hydrogens is 502 g/mol. The molecule has 0 bridgehead atoms. The molecule has 0 radical (unpaired) electrons. The number of methoxy groups -OCH3 is 1. The van der Waals surface area contributed by atoms with Crippen LogP contribution in [0.4, 0.5) is 11.4 Å². The Hall–Kier alpha value is -3.89. The number of para-hydroxylation sites is 1. The maximum atomic E-state index is 13.2. The molecule has 0 aliphatic heterocycles. The maximum absolute atomic E-state index is 13.2. The summed E-state index contributed by atoms with van der Waals surface area (Å²) in [5.74, 6) is -0.503. The van der Waals surface area contributed by atoms with Crippen molar-refractivity contribution >= 4 is 38.9 Å². The second-order valence-corrected chi connectivity index (χ2v) is 10.2. The lowest BCUT2D eigenvalue weighted by Gasteiger charge is -2.15. The zero-order chi connectivity index (χ0) is 25.9. The van der Waals surface area contributed by atoms with Crippen LogP contribution in [0.25, 0.3) is 0 Å². The lowest BCUT2D eigenvalue weighted by molar-refractivity contribution is 0.102. The fourth-order valence-electron chi connectivity index (χ4n) is 3.59. The predicted molar refractivity (Wildman–Crippen MR) is 138 cm³/mol. The summed E-state index contributed by atoms with van der Waals surface area (Å²) >= 11 is 5.89. The highest BCUT2D eigenvalue weighted by atomic mass is 35.5. The first-order valence-electron chi connectivity index (χ1n) is 10.9. The van der Waals surface area contributed by atoms with Gasteiger partial charge in [-0.05, 0) is 48.7 Å². The summed E-state index contributed by atoms with van der Waals surface area (Å²) < 4.78 is 35.9. The minimum atomic E-state index is -4.06. The number of rotatable bonds is 8. The number of hydrogen-bond donors (Lipinski definition) is 2. The van der Waals surface area contributed by atoms with Crippen molar-refractivity contribution in [1.82, 2.24) is 14.8 Å². The average molecular weight is 526 g/mol. The third-order valence-corrected chi connectivity index (χ3v) is 6.98. The van der Waals surface area contributed by atoms with E-state index in [4.69, 9.17) is 16.3 Å². The van der Waals surface area contributed by atoms with Crippen LogP contribution in [0.3, 0.4) is 0 Å². The first kappa shape index (κ1) is 25.2. The van der Waals surface area contributed by atoms with Gasteiger partial charge >= 0.3 is 0 Å². The molecule has 2 aromatic carbocycles. The molecule has 0 aliphatic rings. The van der Waals surface area contributed by atoms with E-state index in [1.54, 1.807) is 41.3 Å². The number of carbonyl (C=O) groups excluding carboxylic acids is 1. The van der Waals surface area contributed by atoms with Crippen LogP contribution in [-0.2, 0) is 16.6 Å². The minimum Gasteiger partial charge on any atom is -0.480 e. The number of anilines is 2. The zero-order valence-electron chi connectivity index (χ0n) is 19.8. The van der Waals surface area contributed by atoms with E-state index in [9.17, 15) is 13.2 Å².